The highest BCUT2D eigenvalue weighted by atomic mass is 16.3. The number of amides is 2. The van der Waals surface area contributed by atoms with E-state index in [0.29, 0.717) is 18.8 Å². The second-order valence-electron chi connectivity index (χ2n) is 3.38. The summed E-state index contributed by atoms with van der Waals surface area (Å²) in [6.45, 7) is 2.94. The summed E-state index contributed by atoms with van der Waals surface area (Å²) in [5.41, 5.74) is 0.659. The van der Waals surface area contributed by atoms with E-state index in [1.807, 2.05) is 6.92 Å². The molecule has 2 amide bonds. The molecule has 16 heavy (non-hydrogen) atoms. The monoisotopic (exact) mass is 223 g/mol. The number of anilines is 1. The summed E-state index contributed by atoms with van der Waals surface area (Å²) in [6, 6.07) is 3.32. The zero-order valence-electron chi connectivity index (χ0n) is 9.39. The number of aliphatic hydroxyl groups excluding tert-OH is 1. The van der Waals surface area contributed by atoms with Crippen LogP contribution in [0.25, 0.3) is 0 Å². The average Bonchev–Trinajstić information content (AvgIpc) is 2.30. The van der Waals surface area contributed by atoms with Crippen molar-refractivity contribution >= 4 is 11.7 Å². The van der Waals surface area contributed by atoms with Crippen LogP contribution in [0.5, 0.6) is 0 Å². The van der Waals surface area contributed by atoms with E-state index < -0.39 is 0 Å². The lowest BCUT2D eigenvalue weighted by Gasteiger charge is -2.21. The number of aliphatic hydroxyl groups is 1. The molecule has 0 spiro atoms. The van der Waals surface area contributed by atoms with Gasteiger partial charge in [-0.2, -0.15) is 0 Å². The molecule has 1 rings (SSSR count). The number of hydrogen-bond donors (Lipinski definition) is 2. The minimum atomic E-state index is -0.205. The van der Waals surface area contributed by atoms with Crippen LogP contribution in [0.15, 0.2) is 24.5 Å². The van der Waals surface area contributed by atoms with E-state index >= 15 is 0 Å². The summed E-state index contributed by atoms with van der Waals surface area (Å²) >= 11 is 0. The Bertz CT molecular complexity index is 310. The quantitative estimate of drug-likeness (QED) is 0.791. The van der Waals surface area contributed by atoms with Crippen LogP contribution in [0.3, 0.4) is 0 Å². The molecule has 0 atom stereocenters. The number of nitrogens with zero attached hydrogens (tertiary/aromatic N) is 2. The standard InChI is InChI=1S/C11H17N3O2/c1-2-6-14(7-8-15)11(16)13-10-4-3-5-12-9-10/h3-5,9,15H,2,6-8H2,1H3,(H,13,16). The lowest BCUT2D eigenvalue weighted by atomic mass is 10.4. The first kappa shape index (κ1) is 12.4. The van der Waals surface area contributed by atoms with Crippen molar-refractivity contribution in [2.45, 2.75) is 13.3 Å². The molecule has 1 aromatic heterocycles. The van der Waals surface area contributed by atoms with Crippen LogP contribution >= 0.6 is 0 Å². The summed E-state index contributed by atoms with van der Waals surface area (Å²) in [5, 5.41) is 11.6. The van der Waals surface area contributed by atoms with Crippen molar-refractivity contribution in [3.05, 3.63) is 24.5 Å². The average molecular weight is 223 g/mol. The second-order valence-corrected chi connectivity index (χ2v) is 3.38. The Hall–Kier alpha value is -1.62. The molecule has 1 heterocycles. The third-order valence-corrected chi connectivity index (χ3v) is 2.06. The number of pyridine rings is 1. The van der Waals surface area contributed by atoms with E-state index in [1.165, 1.54) is 0 Å². The van der Waals surface area contributed by atoms with Crippen LogP contribution < -0.4 is 5.32 Å². The predicted octanol–water partition coefficient (Wildman–Crippen LogP) is 1.32. The zero-order valence-corrected chi connectivity index (χ0v) is 9.39. The number of carbonyl (C=O) groups excluding carboxylic acids is 1. The highest BCUT2D eigenvalue weighted by Gasteiger charge is 2.11. The Morgan fingerprint density at radius 1 is 1.56 bits per heavy atom. The van der Waals surface area contributed by atoms with Gasteiger partial charge in [0.15, 0.2) is 0 Å². The highest BCUT2D eigenvalue weighted by molar-refractivity contribution is 5.89. The van der Waals surface area contributed by atoms with Crippen molar-refractivity contribution in [1.29, 1.82) is 0 Å². The van der Waals surface area contributed by atoms with E-state index in [1.54, 1.807) is 29.4 Å². The first-order chi connectivity index (χ1) is 7.77. The number of carbonyl (C=O) groups is 1. The smallest absolute Gasteiger partial charge is 0.321 e. The molecule has 2 N–H and O–H groups in total. The third kappa shape index (κ3) is 3.86. The lowest BCUT2D eigenvalue weighted by Crippen LogP contribution is -2.37. The predicted molar refractivity (Wildman–Crippen MR) is 62.2 cm³/mol. The van der Waals surface area contributed by atoms with Crippen LogP contribution in [-0.2, 0) is 0 Å². The van der Waals surface area contributed by atoms with Crippen molar-refractivity contribution in [2.75, 3.05) is 25.0 Å². The minimum absolute atomic E-state index is 0.0273. The third-order valence-electron chi connectivity index (χ3n) is 2.06. The van der Waals surface area contributed by atoms with Gasteiger partial charge in [-0.25, -0.2) is 4.79 Å². The molecule has 0 radical (unpaired) electrons. The molecule has 1 aromatic rings. The SMILES string of the molecule is CCCN(CCO)C(=O)Nc1cccnc1. The van der Waals surface area contributed by atoms with Crippen molar-refractivity contribution in [3.63, 3.8) is 0 Å². The molecule has 5 heteroatoms. The molecule has 0 aliphatic carbocycles. The Morgan fingerprint density at radius 2 is 2.38 bits per heavy atom. The summed E-state index contributed by atoms with van der Waals surface area (Å²) < 4.78 is 0. The number of urea groups is 1. The van der Waals surface area contributed by atoms with Crippen LogP contribution in [0.4, 0.5) is 10.5 Å². The van der Waals surface area contributed by atoms with Crippen LogP contribution in [0.2, 0.25) is 0 Å². The van der Waals surface area contributed by atoms with E-state index in [0.717, 1.165) is 6.42 Å². The molecule has 0 unspecified atom stereocenters. The number of rotatable bonds is 5. The summed E-state index contributed by atoms with van der Waals surface area (Å²) in [5.74, 6) is 0. The molecule has 0 aliphatic heterocycles. The molecule has 0 saturated heterocycles. The fraction of sp³-hybridized carbons (Fsp3) is 0.455. The van der Waals surface area contributed by atoms with Gasteiger partial charge in [0.1, 0.15) is 0 Å². The highest BCUT2D eigenvalue weighted by Crippen LogP contribution is 2.04. The van der Waals surface area contributed by atoms with Gasteiger partial charge in [0.2, 0.25) is 0 Å². The Labute approximate surface area is 95.1 Å². The van der Waals surface area contributed by atoms with Gasteiger partial charge >= 0.3 is 6.03 Å². The van der Waals surface area contributed by atoms with E-state index in [2.05, 4.69) is 10.3 Å². The van der Waals surface area contributed by atoms with Crippen molar-refractivity contribution in [1.82, 2.24) is 9.88 Å². The Balaban J connectivity index is 2.55. The maximum atomic E-state index is 11.8. The van der Waals surface area contributed by atoms with Gasteiger partial charge in [-0.3, -0.25) is 4.98 Å². The molecule has 0 aliphatic rings. The largest absolute Gasteiger partial charge is 0.395 e. The summed E-state index contributed by atoms with van der Waals surface area (Å²) in [6.07, 6.45) is 4.09. The maximum absolute atomic E-state index is 11.8. The van der Waals surface area contributed by atoms with Gasteiger partial charge in [-0.05, 0) is 18.6 Å². The molecule has 0 fully saturated rings. The van der Waals surface area contributed by atoms with Gasteiger partial charge in [0, 0.05) is 19.3 Å². The molecule has 0 bridgehead atoms. The fourth-order valence-corrected chi connectivity index (χ4v) is 1.34. The number of aromatic nitrogens is 1. The van der Waals surface area contributed by atoms with E-state index in [9.17, 15) is 4.79 Å². The summed E-state index contributed by atoms with van der Waals surface area (Å²) in [7, 11) is 0. The normalized spacial score (nSPS) is 9.88. The first-order valence-corrected chi connectivity index (χ1v) is 5.34. The number of nitrogens with one attached hydrogen (secondary N) is 1. The van der Waals surface area contributed by atoms with Gasteiger partial charge in [-0.1, -0.05) is 6.92 Å². The molecule has 0 saturated carbocycles. The first-order valence-electron chi connectivity index (χ1n) is 5.34. The second kappa shape index (κ2) is 6.79. The van der Waals surface area contributed by atoms with Crippen LogP contribution in [0, 0.1) is 0 Å². The molecule has 88 valence electrons. The molecular weight excluding hydrogens is 206 g/mol. The zero-order chi connectivity index (χ0) is 11.8. The van der Waals surface area contributed by atoms with Crippen LogP contribution in [0.1, 0.15) is 13.3 Å². The van der Waals surface area contributed by atoms with Gasteiger partial charge in [-0.15, -0.1) is 0 Å². The van der Waals surface area contributed by atoms with Crippen molar-refractivity contribution in [3.8, 4) is 0 Å². The molecular formula is C11H17N3O2. The van der Waals surface area contributed by atoms with Crippen LogP contribution in [-0.4, -0.2) is 40.7 Å². The minimum Gasteiger partial charge on any atom is -0.395 e. The van der Waals surface area contributed by atoms with Gasteiger partial charge in [0.25, 0.3) is 0 Å². The topological polar surface area (TPSA) is 65.5 Å². The van der Waals surface area contributed by atoms with E-state index in [-0.39, 0.29) is 12.6 Å². The summed E-state index contributed by atoms with van der Waals surface area (Å²) in [4.78, 5) is 17.3. The Kier molecular flexibility index (Phi) is 5.28. The molecule has 0 aromatic carbocycles. The van der Waals surface area contributed by atoms with Gasteiger partial charge < -0.3 is 15.3 Å². The fourth-order valence-electron chi connectivity index (χ4n) is 1.34. The van der Waals surface area contributed by atoms with Crippen molar-refractivity contribution in [2.24, 2.45) is 0 Å². The number of hydrogen-bond acceptors (Lipinski definition) is 3. The van der Waals surface area contributed by atoms with E-state index in [4.69, 9.17) is 5.11 Å². The maximum Gasteiger partial charge on any atom is 0.321 e. The lowest BCUT2D eigenvalue weighted by molar-refractivity contribution is 0.188. The van der Waals surface area contributed by atoms with Gasteiger partial charge in [0.05, 0.1) is 18.5 Å². The molecule has 5 nitrogen and oxygen atoms in total. The Morgan fingerprint density at radius 3 is 2.94 bits per heavy atom. The van der Waals surface area contributed by atoms with Crippen molar-refractivity contribution < 1.29 is 9.90 Å².